The van der Waals surface area contributed by atoms with E-state index in [2.05, 4.69) is 4.90 Å². The molecule has 4 heteroatoms. The Hall–Kier alpha value is -1.55. The first kappa shape index (κ1) is 12.9. The standard InChI is InChI=1S/C14H19NO3/c1-2-18-13-5-3-11(4-6-13)9-15-8-7-12(10-15)14(16)17/h3-6,12H,2,7-10H2,1H3,(H,16,17). The van der Waals surface area contributed by atoms with Gasteiger partial charge in [-0.2, -0.15) is 0 Å². The minimum atomic E-state index is -0.677. The molecule has 1 atom stereocenters. The van der Waals surface area contributed by atoms with E-state index in [1.807, 2.05) is 31.2 Å². The molecular weight excluding hydrogens is 230 g/mol. The fourth-order valence-electron chi connectivity index (χ4n) is 2.29. The van der Waals surface area contributed by atoms with Gasteiger partial charge in [-0.25, -0.2) is 0 Å². The van der Waals surface area contributed by atoms with E-state index in [1.54, 1.807) is 0 Å². The molecule has 2 rings (SSSR count). The lowest BCUT2D eigenvalue weighted by atomic mass is 10.1. The Morgan fingerprint density at radius 3 is 2.72 bits per heavy atom. The molecule has 1 N–H and O–H groups in total. The molecule has 0 bridgehead atoms. The van der Waals surface area contributed by atoms with Crippen molar-refractivity contribution in [3.63, 3.8) is 0 Å². The molecule has 1 aliphatic heterocycles. The predicted octanol–water partition coefficient (Wildman–Crippen LogP) is 1.99. The van der Waals surface area contributed by atoms with Gasteiger partial charge < -0.3 is 9.84 Å². The van der Waals surface area contributed by atoms with Crippen LogP contribution in [0, 0.1) is 5.92 Å². The summed E-state index contributed by atoms with van der Waals surface area (Å²) in [4.78, 5) is 13.1. The van der Waals surface area contributed by atoms with Crippen LogP contribution in [0.4, 0.5) is 0 Å². The van der Waals surface area contributed by atoms with Crippen molar-refractivity contribution in [2.45, 2.75) is 19.9 Å². The molecule has 0 spiro atoms. The first-order valence-corrected chi connectivity index (χ1v) is 6.36. The molecule has 1 aromatic carbocycles. The maximum atomic E-state index is 10.9. The van der Waals surface area contributed by atoms with Gasteiger partial charge in [-0.3, -0.25) is 9.69 Å². The van der Waals surface area contributed by atoms with Crippen molar-refractivity contribution in [3.05, 3.63) is 29.8 Å². The van der Waals surface area contributed by atoms with Crippen LogP contribution in [-0.4, -0.2) is 35.7 Å². The van der Waals surface area contributed by atoms with Gasteiger partial charge in [-0.15, -0.1) is 0 Å². The average molecular weight is 249 g/mol. The highest BCUT2D eigenvalue weighted by atomic mass is 16.5. The Kier molecular flexibility index (Phi) is 4.20. The largest absolute Gasteiger partial charge is 0.494 e. The van der Waals surface area contributed by atoms with Gasteiger partial charge >= 0.3 is 5.97 Å². The Labute approximate surface area is 107 Å². The average Bonchev–Trinajstić information content (AvgIpc) is 2.81. The molecule has 0 amide bonds. The quantitative estimate of drug-likeness (QED) is 0.867. The van der Waals surface area contributed by atoms with Gasteiger partial charge in [-0.1, -0.05) is 12.1 Å². The van der Waals surface area contributed by atoms with E-state index in [-0.39, 0.29) is 5.92 Å². The second-order valence-corrected chi connectivity index (χ2v) is 4.64. The predicted molar refractivity (Wildman–Crippen MR) is 68.6 cm³/mol. The van der Waals surface area contributed by atoms with E-state index in [4.69, 9.17) is 9.84 Å². The summed E-state index contributed by atoms with van der Waals surface area (Å²) in [5.41, 5.74) is 1.20. The Morgan fingerprint density at radius 2 is 2.17 bits per heavy atom. The number of aliphatic carboxylic acids is 1. The van der Waals surface area contributed by atoms with Gasteiger partial charge in [0.05, 0.1) is 12.5 Å². The van der Waals surface area contributed by atoms with Gasteiger partial charge in [0.25, 0.3) is 0 Å². The Morgan fingerprint density at radius 1 is 1.44 bits per heavy atom. The highest BCUT2D eigenvalue weighted by Gasteiger charge is 2.27. The summed E-state index contributed by atoms with van der Waals surface area (Å²) in [5.74, 6) is 0.00276. The molecule has 4 nitrogen and oxygen atoms in total. The van der Waals surface area contributed by atoms with E-state index < -0.39 is 5.97 Å². The number of carboxylic acids is 1. The molecule has 1 unspecified atom stereocenters. The Balaban J connectivity index is 1.88. The van der Waals surface area contributed by atoms with Crippen LogP contribution in [0.15, 0.2) is 24.3 Å². The smallest absolute Gasteiger partial charge is 0.307 e. The first-order chi connectivity index (χ1) is 8.69. The first-order valence-electron chi connectivity index (χ1n) is 6.36. The summed E-state index contributed by atoms with van der Waals surface area (Å²) in [6.07, 6.45) is 0.756. The number of likely N-dealkylation sites (tertiary alicyclic amines) is 1. The number of carboxylic acid groups (broad SMARTS) is 1. The molecule has 1 heterocycles. The summed E-state index contributed by atoms with van der Waals surface area (Å²) >= 11 is 0. The van der Waals surface area contributed by atoms with Crippen molar-refractivity contribution < 1.29 is 14.6 Å². The van der Waals surface area contributed by atoms with Crippen molar-refractivity contribution in [1.82, 2.24) is 4.90 Å². The van der Waals surface area contributed by atoms with Gasteiger partial charge in [0.15, 0.2) is 0 Å². The minimum absolute atomic E-state index is 0.201. The summed E-state index contributed by atoms with van der Waals surface area (Å²) in [6, 6.07) is 8.01. The monoisotopic (exact) mass is 249 g/mol. The number of rotatable bonds is 5. The van der Waals surface area contributed by atoms with E-state index in [9.17, 15) is 4.79 Å². The van der Waals surface area contributed by atoms with Gasteiger partial charge in [0.2, 0.25) is 0 Å². The molecule has 0 aliphatic carbocycles. The van der Waals surface area contributed by atoms with Crippen LogP contribution in [-0.2, 0) is 11.3 Å². The van der Waals surface area contributed by atoms with E-state index >= 15 is 0 Å². The fraction of sp³-hybridized carbons (Fsp3) is 0.500. The summed E-state index contributed by atoms with van der Waals surface area (Å²) in [6.45, 7) is 4.97. The number of benzene rings is 1. The molecule has 1 fully saturated rings. The molecule has 1 aliphatic rings. The lowest BCUT2D eigenvalue weighted by molar-refractivity contribution is -0.141. The van der Waals surface area contributed by atoms with Gasteiger partial charge in [-0.05, 0) is 37.6 Å². The molecule has 1 saturated heterocycles. The van der Waals surface area contributed by atoms with Crippen molar-refractivity contribution >= 4 is 5.97 Å². The van der Waals surface area contributed by atoms with E-state index in [0.717, 1.165) is 25.3 Å². The van der Waals surface area contributed by atoms with Gasteiger partial charge in [0.1, 0.15) is 5.75 Å². The topological polar surface area (TPSA) is 49.8 Å². The SMILES string of the molecule is CCOc1ccc(CN2CCC(C(=O)O)C2)cc1. The van der Waals surface area contributed by atoms with Crippen LogP contribution in [0.25, 0.3) is 0 Å². The van der Waals surface area contributed by atoms with Crippen LogP contribution >= 0.6 is 0 Å². The number of hydrogen-bond acceptors (Lipinski definition) is 3. The van der Waals surface area contributed by atoms with Crippen molar-refractivity contribution in [3.8, 4) is 5.75 Å². The van der Waals surface area contributed by atoms with Crippen LogP contribution in [0.5, 0.6) is 5.75 Å². The highest BCUT2D eigenvalue weighted by molar-refractivity contribution is 5.70. The summed E-state index contributed by atoms with van der Waals surface area (Å²) in [7, 11) is 0. The maximum Gasteiger partial charge on any atom is 0.307 e. The molecule has 0 saturated carbocycles. The highest BCUT2D eigenvalue weighted by Crippen LogP contribution is 2.20. The zero-order chi connectivity index (χ0) is 13.0. The fourth-order valence-corrected chi connectivity index (χ4v) is 2.29. The second-order valence-electron chi connectivity index (χ2n) is 4.64. The third-order valence-electron chi connectivity index (χ3n) is 3.26. The third kappa shape index (κ3) is 3.23. The zero-order valence-corrected chi connectivity index (χ0v) is 10.6. The number of ether oxygens (including phenoxy) is 1. The summed E-state index contributed by atoms with van der Waals surface area (Å²) in [5, 5.41) is 8.95. The number of hydrogen-bond donors (Lipinski definition) is 1. The second kappa shape index (κ2) is 5.87. The number of nitrogens with zero attached hydrogens (tertiary/aromatic N) is 1. The van der Waals surface area contributed by atoms with Crippen LogP contribution < -0.4 is 4.74 Å². The van der Waals surface area contributed by atoms with Crippen molar-refractivity contribution in [2.24, 2.45) is 5.92 Å². The van der Waals surface area contributed by atoms with Crippen LogP contribution in [0.2, 0.25) is 0 Å². The summed E-state index contributed by atoms with van der Waals surface area (Å²) < 4.78 is 5.39. The Bertz CT molecular complexity index is 402. The van der Waals surface area contributed by atoms with Crippen LogP contribution in [0.1, 0.15) is 18.9 Å². The minimum Gasteiger partial charge on any atom is -0.494 e. The molecule has 0 aromatic heterocycles. The zero-order valence-electron chi connectivity index (χ0n) is 10.6. The van der Waals surface area contributed by atoms with Crippen molar-refractivity contribution in [2.75, 3.05) is 19.7 Å². The molecule has 98 valence electrons. The van der Waals surface area contributed by atoms with E-state index in [0.29, 0.717) is 13.2 Å². The molecular formula is C14H19NO3. The normalized spacial score (nSPS) is 19.9. The van der Waals surface area contributed by atoms with Crippen LogP contribution in [0.3, 0.4) is 0 Å². The lowest BCUT2D eigenvalue weighted by Crippen LogP contribution is -2.22. The van der Waals surface area contributed by atoms with E-state index in [1.165, 1.54) is 5.56 Å². The van der Waals surface area contributed by atoms with Gasteiger partial charge in [0, 0.05) is 13.1 Å². The molecule has 0 radical (unpaired) electrons. The maximum absolute atomic E-state index is 10.9. The molecule has 1 aromatic rings. The molecule has 18 heavy (non-hydrogen) atoms. The van der Waals surface area contributed by atoms with Crippen molar-refractivity contribution in [1.29, 1.82) is 0 Å². The lowest BCUT2D eigenvalue weighted by Gasteiger charge is -2.15. The third-order valence-corrected chi connectivity index (χ3v) is 3.26. The number of carbonyl (C=O) groups is 1.